The molecule has 2 aliphatic rings. The van der Waals surface area contributed by atoms with Gasteiger partial charge in [0, 0.05) is 34.3 Å². The van der Waals surface area contributed by atoms with Crippen LogP contribution in [0.1, 0.15) is 307 Å². The lowest BCUT2D eigenvalue weighted by Crippen LogP contribution is -2.01. The SMILES string of the molecule is CCCCCCCCCCCCOc1cc(OCCCCCCCCCCCC)cc(-c2c3nc(c(Br)c4ccc([nH]4)c(-c4cc(OCCCCCCCCCCCC)cc(OCCCCCCCCCCCC)c4)c4nc(c(Br)c5ccc2[nH]5)C=C4)C=C3)c1. The maximum atomic E-state index is 6.66. The summed E-state index contributed by atoms with van der Waals surface area (Å²) in [7, 11) is 0. The second kappa shape index (κ2) is 43.9. The van der Waals surface area contributed by atoms with Crippen molar-refractivity contribution in [1.29, 1.82) is 0 Å². The molecule has 8 bridgehead atoms. The predicted octanol–water partition coefficient (Wildman–Crippen LogP) is 26.7. The van der Waals surface area contributed by atoms with Gasteiger partial charge in [-0.1, -0.05) is 259 Å². The standard InChI is InChI=1S/C80H116Br2N4O4/c1-5-9-13-17-21-25-29-33-37-41-53-87-65-57-63(58-66(61-65)88-54-42-38-34-30-26-22-18-14-10-6-2)77-69-45-49-73(83-69)79(81)75-51-47-71(85-75)78(72-48-52-76(86-72)80(82)74-50-46-70(77)84-74)64-59-67(89-55-43-39-35-31-27-23-19-15-11-7-3)62-68(60-64)90-56-44-40-36-32-28-24-20-16-12-8-4/h45-52,57-62,83,86H,5-44,53-56H2,1-4H3. The van der Waals surface area contributed by atoms with Gasteiger partial charge in [0.05, 0.1) is 69.2 Å². The van der Waals surface area contributed by atoms with Crippen LogP contribution in [0.2, 0.25) is 0 Å². The highest BCUT2D eigenvalue weighted by molar-refractivity contribution is 9.11. The summed E-state index contributed by atoms with van der Waals surface area (Å²) in [6.45, 7) is 11.8. The van der Waals surface area contributed by atoms with Crippen molar-refractivity contribution in [3.05, 3.63) is 92.4 Å². The van der Waals surface area contributed by atoms with Crippen molar-refractivity contribution in [2.45, 2.75) is 285 Å². The molecule has 8 nitrogen and oxygen atoms in total. The van der Waals surface area contributed by atoms with Gasteiger partial charge in [0.1, 0.15) is 23.0 Å². The zero-order chi connectivity index (χ0) is 63.1. The van der Waals surface area contributed by atoms with Crippen LogP contribution in [0.15, 0.2) is 69.6 Å². The van der Waals surface area contributed by atoms with E-state index in [4.69, 9.17) is 28.9 Å². The predicted molar refractivity (Wildman–Crippen MR) is 394 cm³/mol. The first-order valence-electron chi connectivity index (χ1n) is 36.7. The second-order valence-electron chi connectivity index (χ2n) is 25.9. The number of hydrogen-bond donors (Lipinski definition) is 2. The number of aromatic nitrogens is 4. The molecule has 2 aliphatic heterocycles. The van der Waals surface area contributed by atoms with Gasteiger partial charge in [0.2, 0.25) is 0 Å². The fourth-order valence-electron chi connectivity index (χ4n) is 12.6. The van der Waals surface area contributed by atoms with Crippen LogP contribution in [0, 0.1) is 0 Å². The number of ether oxygens (including phenoxy) is 4. The molecule has 3 aromatic heterocycles. The molecule has 494 valence electrons. The van der Waals surface area contributed by atoms with Crippen LogP contribution in [0.25, 0.3) is 68.6 Å². The average Bonchev–Trinajstić information content (AvgIpc) is 1.84. The molecule has 2 aromatic carbocycles. The average molecular weight is 1360 g/mol. The molecule has 0 aliphatic carbocycles. The number of benzene rings is 2. The summed E-state index contributed by atoms with van der Waals surface area (Å²) in [6, 6.07) is 21.5. The van der Waals surface area contributed by atoms with Crippen LogP contribution >= 0.6 is 31.9 Å². The molecule has 0 fully saturated rings. The topological polar surface area (TPSA) is 94.3 Å². The van der Waals surface area contributed by atoms with E-state index >= 15 is 0 Å². The first kappa shape index (κ1) is 72.6. The highest BCUT2D eigenvalue weighted by atomic mass is 79.9. The van der Waals surface area contributed by atoms with Gasteiger partial charge in [-0.3, -0.25) is 0 Å². The lowest BCUT2D eigenvalue weighted by atomic mass is 10.0. The van der Waals surface area contributed by atoms with E-state index in [0.717, 1.165) is 125 Å². The van der Waals surface area contributed by atoms with Gasteiger partial charge < -0.3 is 28.9 Å². The Morgan fingerprint density at radius 2 is 0.500 bits per heavy atom. The summed E-state index contributed by atoms with van der Waals surface area (Å²) in [6.07, 6.45) is 59.9. The first-order valence-corrected chi connectivity index (χ1v) is 38.3. The van der Waals surface area contributed by atoms with Crippen molar-refractivity contribution < 1.29 is 18.9 Å². The molecule has 0 atom stereocenters. The minimum atomic E-state index is 0.668. The van der Waals surface area contributed by atoms with Crippen LogP contribution in [-0.4, -0.2) is 46.4 Å². The minimum absolute atomic E-state index is 0.668. The zero-order valence-corrected chi connectivity index (χ0v) is 59.7. The smallest absolute Gasteiger partial charge is 0.123 e. The van der Waals surface area contributed by atoms with E-state index in [0.29, 0.717) is 26.4 Å². The van der Waals surface area contributed by atoms with Crippen LogP contribution in [0.4, 0.5) is 0 Å². The highest BCUT2D eigenvalue weighted by Crippen LogP contribution is 2.40. The molecule has 0 saturated carbocycles. The van der Waals surface area contributed by atoms with E-state index in [-0.39, 0.29) is 0 Å². The molecule has 0 amide bonds. The molecule has 0 radical (unpaired) electrons. The number of nitrogens with one attached hydrogen (secondary N) is 2. The summed E-state index contributed by atoms with van der Waals surface area (Å²) in [4.78, 5) is 18.5. The third-order valence-corrected chi connectivity index (χ3v) is 19.7. The van der Waals surface area contributed by atoms with Crippen molar-refractivity contribution in [1.82, 2.24) is 19.9 Å². The molecule has 5 heterocycles. The third kappa shape index (κ3) is 25.9. The molecular weight excluding hydrogens is 1240 g/mol. The highest BCUT2D eigenvalue weighted by Gasteiger charge is 2.19. The van der Waals surface area contributed by atoms with E-state index in [2.05, 4.69) is 154 Å². The summed E-state index contributed by atoms with van der Waals surface area (Å²) in [5, 5.41) is 0. The van der Waals surface area contributed by atoms with Crippen LogP contribution < -0.4 is 18.9 Å². The van der Waals surface area contributed by atoms with Gasteiger partial charge in [0.25, 0.3) is 0 Å². The number of rotatable bonds is 50. The van der Waals surface area contributed by atoms with E-state index < -0.39 is 0 Å². The van der Waals surface area contributed by atoms with Crippen molar-refractivity contribution >= 4 is 78.2 Å². The molecule has 10 heteroatoms. The molecular formula is C80H116Br2N4O4. The lowest BCUT2D eigenvalue weighted by Gasteiger charge is -2.14. The van der Waals surface area contributed by atoms with Gasteiger partial charge >= 0.3 is 0 Å². The molecule has 0 spiro atoms. The number of aromatic amines is 2. The summed E-state index contributed by atoms with van der Waals surface area (Å²) in [5.41, 5.74) is 10.9. The number of H-pyrrole nitrogens is 2. The van der Waals surface area contributed by atoms with E-state index in [1.54, 1.807) is 0 Å². The molecule has 90 heavy (non-hydrogen) atoms. The van der Waals surface area contributed by atoms with Crippen molar-refractivity contribution in [3.63, 3.8) is 0 Å². The fraction of sp³-hybridized carbons (Fsp3) is 0.600. The number of unbranched alkanes of at least 4 members (excludes halogenated alkanes) is 36. The Morgan fingerprint density at radius 1 is 0.278 bits per heavy atom. The quantitative estimate of drug-likeness (QED) is 0.0369. The van der Waals surface area contributed by atoms with Crippen LogP contribution in [-0.2, 0) is 0 Å². The Balaban J connectivity index is 1.18. The van der Waals surface area contributed by atoms with Crippen molar-refractivity contribution in [3.8, 4) is 45.3 Å². The lowest BCUT2D eigenvalue weighted by molar-refractivity contribution is 0.289. The first-order chi connectivity index (χ1) is 44.4. The maximum Gasteiger partial charge on any atom is 0.123 e. The monoisotopic (exact) mass is 1350 g/mol. The van der Waals surface area contributed by atoms with Gasteiger partial charge in [-0.2, -0.15) is 0 Å². The van der Waals surface area contributed by atoms with Gasteiger partial charge in [-0.05, 0) is 142 Å². The number of fused-ring (bicyclic) bond motifs is 8. The molecule has 0 saturated heterocycles. The Bertz CT molecular complexity index is 2760. The normalized spacial score (nSPS) is 12.0. The zero-order valence-electron chi connectivity index (χ0n) is 56.5. The van der Waals surface area contributed by atoms with E-state index in [9.17, 15) is 0 Å². The summed E-state index contributed by atoms with van der Waals surface area (Å²) < 4.78 is 28.4. The maximum absolute atomic E-state index is 6.66. The van der Waals surface area contributed by atoms with E-state index in [1.165, 1.54) is 231 Å². The van der Waals surface area contributed by atoms with Crippen molar-refractivity contribution in [2.24, 2.45) is 0 Å². The Kier molecular flexibility index (Phi) is 35.4. The number of halogens is 2. The molecule has 5 aromatic rings. The van der Waals surface area contributed by atoms with Crippen LogP contribution in [0.3, 0.4) is 0 Å². The Labute approximate surface area is 562 Å². The fourth-order valence-corrected chi connectivity index (χ4v) is 13.5. The largest absolute Gasteiger partial charge is 0.493 e. The Hall–Kier alpha value is -4.80. The van der Waals surface area contributed by atoms with Crippen molar-refractivity contribution in [2.75, 3.05) is 26.4 Å². The van der Waals surface area contributed by atoms with Crippen LogP contribution in [0.5, 0.6) is 23.0 Å². The summed E-state index contributed by atoms with van der Waals surface area (Å²) >= 11 is 8.13. The molecule has 7 rings (SSSR count). The van der Waals surface area contributed by atoms with E-state index in [1.807, 2.05) is 0 Å². The number of hydrogen-bond acceptors (Lipinski definition) is 6. The summed E-state index contributed by atoms with van der Waals surface area (Å²) in [5.74, 6) is 3.27. The second-order valence-corrected chi connectivity index (χ2v) is 27.5. The number of nitrogens with zero attached hydrogens (tertiary/aromatic N) is 2. The molecule has 0 unspecified atom stereocenters. The third-order valence-electron chi connectivity index (χ3n) is 18.0. The van der Waals surface area contributed by atoms with Gasteiger partial charge in [-0.25, -0.2) is 9.97 Å². The molecule has 2 N–H and O–H groups in total. The Morgan fingerprint density at radius 3 is 0.756 bits per heavy atom. The minimum Gasteiger partial charge on any atom is -0.493 e. The van der Waals surface area contributed by atoms with Gasteiger partial charge in [-0.15, -0.1) is 0 Å². The van der Waals surface area contributed by atoms with Gasteiger partial charge in [0.15, 0.2) is 0 Å².